The zero-order valence-corrected chi connectivity index (χ0v) is 13.2. The summed E-state index contributed by atoms with van der Waals surface area (Å²) in [6, 6.07) is 16.0. The highest BCUT2D eigenvalue weighted by Gasteiger charge is 2.28. The topological polar surface area (TPSA) is 47.4 Å². The predicted octanol–water partition coefficient (Wildman–Crippen LogP) is 4.04. The Balaban J connectivity index is 1.90. The highest BCUT2D eigenvalue weighted by Crippen LogP contribution is 2.35. The second-order valence-electron chi connectivity index (χ2n) is 6.08. The van der Waals surface area contributed by atoms with Crippen LogP contribution in [0.3, 0.4) is 0 Å². The van der Waals surface area contributed by atoms with Crippen LogP contribution in [0.4, 0.5) is 0 Å². The SMILES string of the molecule is CC(C)CO/N=C1\c2ccccc2-c2nc3ccccc3nc21. The quantitative estimate of drug-likeness (QED) is 0.537. The van der Waals surface area contributed by atoms with Gasteiger partial charge in [-0.2, -0.15) is 0 Å². The molecule has 0 bridgehead atoms. The summed E-state index contributed by atoms with van der Waals surface area (Å²) < 4.78 is 0. The molecular weight excluding hydrogens is 286 g/mol. The molecule has 0 unspecified atom stereocenters. The lowest BCUT2D eigenvalue weighted by atomic mass is 10.1. The van der Waals surface area contributed by atoms with Gasteiger partial charge in [0, 0.05) is 11.1 Å². The Labute approximate surface area is 134 Å². The van der Waals surface area contributed by atoms with Gasteiger partial charge in [0.1, 0.15) is 18.0 Å². The molecule has 0 amide bonds. The summed E-state index contributed by atoms with van der Waals surface area (Å²) in [4.78, 5) is 15.1. The van der Waals surface area contributed by atoms with Crippen LogP contribution < -0.4 is 0 Å². The van der Waals surface area contributed by atoms with Crippen molar-refractivity contribution in [3.8, 4) is 11.3 Å². The first-order valence-electron chi connectivity index (χ1n) is 7.81. The molecule has 4 heteroatoms. The first-order valence-corrected chi connectivity index (χ1v) is 7.81. The molecule has 0 spiro atoms. The lowest BCUT2D eigenvalue weighted by Crippen LogP contribution is -2.05. The largest absolute Gasteiger partial charge is 0.395 e. The third-order valence-electron chi connectivity index (χ3n) is 3.80. The highest BCUT2D eigenvalue weighted by atomic mass is 16.6. The molecule has 3 aromatic rings. The van der Waals surface area contributed by atoms with Crippen LogP contribution in [-0.4, -0.2) is 22.3 Å². The third-order valence-corrected chi connectivity index (χ3v) is 3.80. The standard InChI is InChI=1S/C19H17N3O/c1-12(2)11-23-22-18-14-8-4-3-7-13(14)17-19(18)21-16-10-6-5-9-15(16)20-17/h3-10,12H,11H2,1-2H3/b22-18+. The van der Waals surface area contributed by atoms with Gasteiger partial charge in [-0.15, -0.1) is 0 Å². The lowest BCUT2D eigenvalue weighted by molar-refractivity contribution is 0.118. The van der Waals surface area contributed by atoms with E-state index in [1.807, 2.05) is 42.5 Å². The molecule has 0 N–H and O–H groups in total. The second kappa shape index (κ2) is 5.47. The van der Waals surface area contributed by atoms with Crippen molar-refractivity contribution in [2.45, 2.75) is 13.8 Å². The van der Waals surface area contributed by atoms with Crippen LogP contribution in [0.5, 0.6) is 0 Å². The zero-order chi connectivity index (χ0) is 15.8. The van der Waals surface area contributed by atoms with E-state index >= 15 is 0 Å². The van der Waals surface area contributed by atoms with E-state index < -0.39 is 0 Å². The molecule has 1 heterocycles. The number of nitrogens with zero attached hydrogens (tertiary/aromatic N) is 3. The van der Waals surface area contributed by atoms with Crippen molar-refractivity contribution < 1.29 is 4.84 Å². The Kier molecular flexibility index (Phi) is 3.30. The molecule has 114 valence electrons. The van der Waals surface area contributed by atoms with Crippen molar-refractivity contribution in [3.05, 3.63) is 59.8 Å². The van der Waals surface area contributed by atoms with Crippen molar-refractivity contribution in [1.82, 2.24) is 9.97 Å². The lowest BCUT2D eigenvalue weighted by Gasteiger charge is -2.05. The first kappa shape index (κ1) is 13.9. The van der Waals surface area contributed by atoms with Gasteiger partial charge in [0.15, 0.2) is 0 Å². The van der Waals surface area contributed by atoms with Crippen LogP contribution in [-0.2, 0) is 4.84 Å². The van der Waals surface area contributed by atoms with Gasteiger partial charge in [-0.05, 0) is 18.1 Å². The van der Waals surface area contributed by atoms with Crippen LogP contribution in [0.15, 0.2) is 53.7 Å². The summed E-state index contributed by atoms with van der Waals surface area (Å²) in [6.07, 6.45) is 0. The number of rotatable bonds is 3. The van der Waals surface area contributed by atoms with Crippen molar-refractivity contribution >= 4 is 16.7 Å². The van der Waals surface area contributed by atoms with Crippen LogP contribution in [0.25, 0.3) is 22.3 Å². The van der Waals surface area contributed by atoms with Gasteiger partial charge in [0.05, 0.1) is 16.7 Å². The van der Waals surface area contributed by atoms with Gasteiger partial charge in [0.2, 0.25) is 0 Å². The summed E-state index contributed by atoms with van der Waals surface area (Å²) >= 11 is 0. The van der Waals surface area contributed by atoms with E-state index in [2.05, 4.69) is 25.1 Å². The smallest absolute Gasteiger partial charge is 0.138 e. The van der Waals surface area contributed by atoms with E-state index in [4.69, 9.17) is 14.8 Å². The van der Waals surface area contributed by atoms with Gasteiger partial charge >= 0.3 is 0 Å². The van der Waals surface area contributed by atoms with Gasteiger partial charge in [-0.25, -0.2) is 9.97 Å². The van der Waals surface area contributed by atoms with Crippen molar-refractivity contribution in [2.24, 2.45) is 11.1 Å². The molecule has 1 aromatic heterocycles. The molecule has 0 saturated heterocycles. The molecule has 0 atom stereocenters. The normalized spacial score (nSPS) is 14.3. The van der Waals surface area contributed by atoms with Crippen molar-refractivity contribution in [3.63, 3.8) is 0 Å². The second-order valence-corrected chi connectivity index (χ2v) is 6.08. The summed E-state index contributed by atoms with van der Waals surface area (Å²) in [5.74, 6) is 0.429. The minimum atomic E-state index is 0.429. The number of hydrogen-bond donors (Lipinski definition) is 0. The van der Waals surface area contributed by atoms with Gasteiger partial charge in [0.25, 0.3) is 0 Å². The van der Waals surface area contributed by atoms with Crippen LogP contribution in [0.2, 0.25) is 0 Å². The summed E-state index contributed by atoms with van der Waals surface area (Å²) in [7, 11) is 0. The van der Waals surface area contributed by atoms with Crippen molar-refractivity contribution in [2.75, 3.05) is 6.61 Å². The van der Waals surface area contributed by atoms with E-state index in [9.17, 15) is 0 Å². The number of para-hydroxylation sites is 2. The molecule has 4 nitrogen and oxygen atoms in total. The molecule has 2 aromatic carbocycles. The fourth-order valence-electron chi connectivity index (χ4n) is 2.72. The van der Waals surface area contributed by atoms with E-state index in [-0.39, 0.29) is 0 Å². The monoisotopic (exact) mass is 303 g/mol. The van der Waals surface area contributed by atoms with E-state index in [0.717, 1.165) is 39.3 Å². The van der Waals surface area contributed by atoms with E-state index in [1.54, 1.807) is 0 Å². The molecule has 0 fully saturated rings. The average molecular weight is 303 g/mol. The maximum atomic E-state index is 5.52. The minimum absolute atomic E-state index is 0.429. The van der Waals surface area contributed by atoms with Crippen molar-refractivity contribution in [1.29, 1.82) is 0 Å². The average Bonchev–Trinajstić information content (AvgIpc) is 2.86. The third kappa shape index (κ3) is 2.36. The Bertz CT molecular complexity index is 915. The highest BCUT2D eigenvalue weighted by molar-refractivity contribution is 6.23. The number of fused-ring (bicyclic) bond motifs is 4. The van der Waals surface area contributed by atoms with Crippen LogP contribution in [0, 0.1) is 5.92 Å². The molecule has 1 aliphatic carbocycles. The predicted molar refractivity (Wildman–Crippen MR) is 91.4 cm³/mol. The fraction of sp³-hybridized carbons (Fsp3) is 0.211. The summed E-state index contributed by atoms with van der Waals surface area (Å²) in [5.41, 5.74) is 6.31. The van der Waals surface area contributed by atoms with Crippen LogP contribution >= 0.6 is 0 Å². The van der Waals surface area contributed by atoms with Gasteiger partial charge in [-0.1, -0.05) is 55.4 Å². The molecule has 1 aliphatic rings. The minimum Gasteiger partial charge on any atom is -0.395 e. The number of benzene rings is 2. The van der Waals surface area contributed by atoms with Crippen LogP contribution in [0.1, 0.15) is 25.1 Å². The first-order chi connectivity index (χ1) is 11.2. The molecular formula is C19H17N3O. The number of hydrogen-bond acceptors (Lipinski definition) is 4. The van der Waals surface area contributed by atoms with E-state index in [0.29, 0.717) is 12.5 Å². The number of oxime groups is 1. The number of aromatic nitrogens is 2. The molecule has 0 aliphatic heterocycles. The molecule has 0 saturated carbocycles. The Morgan fingerprint density at radius 1 is 0.870 bits per heavy atom. The summed E-state index contributed by atoms with van der Waals surface area (Å²) in [5, 5.41) is 4.37. The summed E-state index contributed by atoms with van der Waals surface area (Å²) in [6.45, 7) is 4.79. The maximum absolute atomic E-state index is 5.52. The zero-order valence-electron chi connectivity index (χ0n) is 13.2. The molecule has 4 rings (SSSR count). The Hall–Kier alpha value is -2.75. The molecule has 23 heavy (non-hydrogen) atoms. The Morgan fingerprint density at radius 2 is 1.48 bits per heavy atom. The van der Waals surface area contributed by atoms with E-state index in [1.165, 1.54) is 0 Å². The van der Waals surface area contributed by atoms with Gasteiger partial charge in [-0.3, -0.25) is 0 Å². The Morgan fingerprint density at radius 3 is 2.17 bits per heavy atom. The molecule has 0 radical (unpaired) electrons. The fourth-order valence-corrected chi connectivity index (χ4v) is 2.72. The maximum Gasteiger partial charge on any atom is 0.138 e. The van der Waals surface area contributed by atoms with Gasteiger partial charge < -0.3 is 4.84 Å².